The Hall–Kier alpha value is -4.52. The molecule has 204 valence electrons. The van der Waals surface area contributed by atoms with Crippen LogP contribution in [0.1, 0.15) is 31.4 Å². The van der Waals surface area contributed by atoms with Crippen LogP contribution in [0.25, 0.3) is 11.1 Å². The zero-order valence-corrected chi connectivity index (χ0v) is 21.7. The lowest BCUT2D eigenvalue weighted by atomic mass is 10.00. The van der Waals surface area contributed by atoms with Crippen LogP contribution < -0.4 is 10.6 Å². The van der Waals surface area contributed by atoms with Gasteiger partial charge >= 0.3 is 6.09 Å². The summed E-state index contributed by atoms with van der Waals surface area (Å²) in [6.07, 6.45) is 2.47. The Bertz CT molecular complexity index is 1300. The minimum absolute atomic E-state index is 0.178. The van der Waals surface area contributed by atoms with Crippen LogP contribution in [0.2, 0.25) is 0 Å². The van der Waals surface area contributed by atoms with Gasteiger partial charge in [-0.15, -0.1) is 0 Å². The number of ether oxygens (including phenoxy) is 1. The lowest BCUT2D eigenvalue weighted by molar-refractivity contribution is 0.0106. The summed E-state index contributed by atoms with van der Waals surface area (Å²) in [5.41, 5.74) is 1.84. The number of halogens is 3. The number of nitrogens with zero attached hydrogens (tertiary/aromatic N) is 3. The Morgan fingerprint density at radius 3 is 2.38 bits per heavy atom. The average Bonchev–Trinajstić information content (AvgIpc) is 2.93. The van der Waals surface area contributed by atoms with E-state index in [9.17, 15) is 18.0 Å². The Balaban J connectivity index is 0.000000520. The molecule has 3 aromatic carbocycles. The quantitative estimate of drug-likeness (QED) is 0.181. The average molecular weight is 538 g/mol. The highest BCUT2D eigenvalue weighted by atomic mass is 19.1. The molecule has 1 saturated heterocycles. The standard InChI is InChI=1S/C23H25F2N5O2.C6H5F/c1-15(16-3-5-17(6-4-16)20-8-7-18(24)13-21(20)25)30-12-10-19(32-23(30)31)9-11-28-22(27-2)29-14-26;7-6-4-2-1-3-5-6/h3-8,13,15,19H,9-12H2,1-2H3,(H2,27,28,29);1-5H. The fourth-order valence-corrected chi connectivity index (χ4v) is 4.04. The highest BCUT2D eigenvalue weighted by molar-refractivity contribution is 5.80. The number of hydrogen-bond donors (Lipinski definition) is 2. The molecule has 1 aliphatic heterocycles. The molecule has 2 atom stereocenters. The van der Waals surface area contributed by atoms with Gasteiger partial charge in [-0.3, -0.25) is 10.3 Å². The second-order valence-electron chi connectivity index (χ2n) is 8.73. The van der Waals surface area contributed by atoms with Crippen LogP contribution in [0.5, 0.6) is 0 Å². The van der Waals surface area contributed by atoms with Crippen molar-refractivity contribution < 1.29 is 22.7 Å². The van der Waals surface area contributed by atoms with Crippen LogP contribution in [-0.4, -0.2) is 43.2 Å². The van der Waals surface area contributed by atoms with E-state index in [-0.39, 0.29) is 24.1 Å². The highest BCUT2D eigenvalue weighted by Gasteiger charge is 2.30. The normalized spacial score (nSPS) is 15.8. The summed E-state index contributed by atoms with van der Waals surface area (Å²) in [6.45, 7) is 2.97. The van der Waals surface area contributed by atoms with E-state index < -0.39 is 11.6 Å². The number of rotatable bonds is 6. The van der Waals surface area contributed by atoms with Crippen molar-refractivity contribution in [2.75, 3.05) is 20.1 Å². The molecule has 0 radical (unpaired) electrons. The van der Waals surface area contributed by atoms with Gasteiger partial charge in [-0.2, -0.15) is 5.26 Å². The van der Waals surface area contributed by atoms with Gasteiger partial charge < -0.3 is 15.0 Å². The van der Waals surface area contributed by atoms with Crippen molar-refractivity contribution in [3.8, 4) is 17.3 Å². The molecule has 0 aliphatic carbocycles. The van der Waals surface area contributed by atoms with Crippen molar-refractivity contribution in [3.63, 3.8) is 0 Å². The third-order valence-electron chi connectivity index (χ3n) is 6.19. The number of benzene rings is 3. The Morgan fingerprint density at radius 2 is 1.82 bits per heavy atom. The van der Waals surface area contributed by atoms with E-state index in [0.717, 1.165) is 11.6 Å². The third-order valence-corrected chi connectivity index (χ3v) is 6.19. The molecule has 0 bridgehead atoms. The van der Waals surface area contributed by atoms with Crippen LogP contribution in [0.3, 0.4) is 0 Å². The SMILES string of the molecule is CN=C(NC#N)NCCC1CCN(C(C)c2ccc(-c3ccc(F)cc3F)cc2)C(=O)O1.Fc1ccccc1. The number of amides is 1. The van der Waals surface area contributed by atoms with Gasteiger partial charge in [0, 0.05) is 44.6 Å². The van der Waals surface area contributed by atoms with Crippen LogP contribution in [-0.2, 0) is 4.74 Å². The summed E-state index contributed by atoms with van der Waals surface area (Å²) in [5.74, 6) is -1.05. The van der Waals surface area contributed by atoms with Crippen molar-refractivity contribution in [3.05, 3.63) is 95.8 Å². The van der Waals surface area contributed by atoms with Gasteiger partial charge in [0.1, 0.15) is 23.6 Å². The van der Waals surface area contributed by atoms with Gasteiger partial charge in [0.15, 0.2) is 6.19 Å². The number of carbonyl (C=O) groups is 1. The topological polar surface area (TPSA) is 89.8 Å². The maximum absolute atomic E-state index is 14.0. The Morgan fingerprint density at radius 1 is 1.10 bits per heavy atom. The maximum atomic E-state index is 14.0. The zero-order valence-electron chi connectivity index (χ0n) is 21.7. The fraction of sp³-hybridized carbons (Fsp3) is 0.276. The monoisotopic (exact) mass is 537 g/mol. The van der Waals surface area contributed by atoms with Gasteiger partial charge in [0.05, 0.1) is 6.04 Å². The summed E-state index contributed by atoms with van der Waals surface area (Å²) < 4.78 is 44.7. The molecule has 7 nitrogen and oxygen atoms in total. The number of cyclic esters (lactones) is 1. The molecule has 1 heterocycles. The number of nitrogens with one attached hydrogen (secondary N) is 2. The second-order valence-corrected chi connectivity index (χ2v) is 8.73. The van der Waals surface area contributed by atoms with E-state index >= 15 is 0 Å². The minimum atomic E-state index is -0.619. The second kappa shape index (κ2) is 14.4. The van der Waals surface area contributed by atoms with E-state index in [2.05, 4.69) is 15.6 Å². The van der Waals surface area contributed by atoms with Gasteiger partial charge in [-0.25, -0.2) is 18.0 Å². The molecule has 10 heteroatoms. The first-order valence-electron chi connectivity index (χ1n) is 12.4. The van der Waals surface area contributed by atoms with Crippen molar-refractivity contribution in [2.45, 2.75) is 31.9 Å². The lowest BCUT2D eigenvalue weighted by Crippen LogP contribution is -2.44. The van der Waals surface area contributed by atoms with E-state index in [1.165, 1.54) is 24.3 Å². The molecule has 1 fully saturated rings. The summed E-state index contributed by atoms with van der Waals surface area (Å²) >= 11 is 0. The highest BCUT2D eigenvalue weighted by Crippen LogP contribution is 2.29. The van der Waals surface area contributed by atoms with Gasteiger partial charge in [0.2, 0.25) is 5.96 Å². The number of nitriles is 1. The summed E-state index contributed by atoms with van der Waals surface area (Å²) in [7, 11) is 1.56. The largest absolute Gasteiger partial charge is 0.446 e. The Kier molecular flexibility index (Phi) is 10.7. The minimum Gasteiger partial charge on any atom is -0.446 e. The molecule has 3 aromatic rings. The summed E-state index contributed by atoms with van der Waals surface area (Å²) in [4.78, 5) is 18.1. The molecule has 39 heavy (non-hydrogen) atoms. The molecule has 0 spiro atoms. The van der Waals surface area contributed by atoms with Crippen molar-refractivity contribution in [1.82, 2.24) is 15.5 Å². The van der Waals surface area contributed by atoms with Crippen molar-refractivity contribution in [2.24, 2.45) is 4.99 Å². The molecule has 4 rings (SSSR count). The van der Waals surface area contributed by atoms with E-state index in [1.807, 2.05) is 19.1 Å². The van der Waals surface area contributed by atoms with Gasteiger partial charge in [-0.1, -0.05) is 42.5 Å². The first-order chi connectivity index (χ1) is 18.8. The predicted molar refractivity (Wildman–Crippen MR) is 143 cm³/mol. The van der Waals surface area contributed by atoms with E-state index in [0.29, 0.717) is 43.0 Å². The van der Waals surface area contributed by atoms with Gasteiger partial charge in [-0.05, 0) is 42.3 Å². The molecular weight excluding hydrogens is 507 g/mol. The lowest BCUT2D eigenvalue weighted by Gasteiger charge is -2.36. The third kappa shape index (κ3) is 8.50. The number of carbonyl (C=O) groups excluding carboxylic acids is 1. The molecule has 1 amide bonds. The van der Waals surface area contributed by atoms with Crippen LogP contribution in [0.4, 0.5) is 18.0 Å². The molecule has 0 saturated carbocycles. The molecule has 0 aromatic heterocycles. The summed E-state index contributed by atoms with van der Waals surface area (Å²) in [6, 6.07) is 18.4. The first-order valence-corrected chi connectivity index (χ1v) is 12.4. The molecular formula is C29H30F3N5O2. The zero-order chi connectivity index (χ0) is 28.2. The van der Waals surface area contributed by atoms with E-state index in [1.54, 1.807) is 48.5 Å². The van der Waals surface area contributed by atoms with Gasteiger partial charge in [0.25, 0.3) is 0 Å². The smallest absolute Gasteiger partial charge is 0.410 e. The van der Waals surface area contributed by atoms with Crippen molar-refractivity contribution >= 4 is 12.1 Å². The molecule has 2 unspecified atom stereocenters. The fourth-order valence-electron chi connectivity index (χ4n) is 4.04. The number of hydrogen-bond acceptors (Lipinski definition) is 4. The van der Waals surface area contributed by atoms with E-state index in [4.69, 9.17) is 10.00 Å². The van der Waals surface area contributed by atoms with Crippen LogP contribution >= 0.6 is 0 Å². The first kappa shape index (κ1) is 29.0. The number of guanidine groups is 1. The Labute approximate surface area is 225 Å². The maximum Gasteiger partial charge on any atom is 0.410 e. The molecule has 1 aliphatic rings. The summed E-state index contributed by atoms with van der Waals surface area (Å²) in [5, 5.41) is 14.0. The molecule has 2 N–H and O–H groups in total. The van der Waals surface area contributed by atoms with Crippen molar-refractivity contribution in [1.29, 1.82) is 5.26 Å². The van der Waals surface area contributed by atoms with Crippen LogP contribution in [0, 0.1) is 28.9 Å². The number of aliphatic imine (C=N–C) groups is 1. The predicted octanol–water partition coefficient (Wildman–Crippen LogP) is 5.77. The van der Waals surface area contributed by atoms with Crippen LogP contribution in [0.15, 0.2) is 77.8 Å².